The van der Waals surface area contributed by atoms with Crippen molar-refractivity contribution < 1.29 is 27.4 Å². The second kappa shape index (κ2) is 5.46. The van der Waals surface area contributed by atoms with Crippen molar-refractivity contribution in [3.8, 4) is 0 Å². The quantitative estimate of drug-likeness (QED) is 0.615. The lowest BCUT2D eigenvalue weighted by Crippen LogP contribution is -2.53. The van der Waals surface area contributed by atoms with E-state index in [0.717, 1.165) is 7.11 Å². The van der Waals surface area contributed by atoms with Crippen LogP contribution in [0.2, 0.25) is 0 Å². The van der Waals surface area contributed by atoms with E-state index in [-0.39, 0.29) is 29.2 Å². The number of methoxy groups -OCH3 is 1. The molecule has 0 saturated heterocycles. The topological polar surface area (TPSA) is 35.5 Å². The Morgan fingerprint density at radius 1 is 1.00 bits per heavy atom. The first-order valence-corrected chi connectivity index (χ1v) is 8.15. The number of ether oxygens (including phenoxy) is 2. The van der Waals surface area contributed by atoms with Crippen LogP contribution in [0.15, 0.2) is 54.6 Å². The Morgan fingerprint density at radius 3 is 2.12 bits per heavy atom. The number of alkyl halides is 3. The molecule has 3 unspecified atom stereocenters. The van der Waals surface area contributed by atoms with Crippen molar-refractivity contribution in [3.63, 3.8) is 0 Å². The maximum absolute atomic E-state index is 13.9. The largest absolute Gasteiger partial charge is 0.458 e. The molecule has 1 aromatic rings. The average Bonchev–Trinajstić information content (AvgIpc) is 3.32. The highest BCUT2D eigenvalue weighted by Gasteiger charge is 2.66. The fraction of sp³-hybridized carbons (Fsp3) is 0.421. The van der Waals surface area contributed by atoms with E-state index >= 15 is 0 Å². The first-order chi connectivity index (χ1) is 11.9. The molecule has 0 N–H and O–H groups in total. The SMILES string of the molecule is CO[C@@](C(=O)O[C@H]1C2C=CC3C1[C@@H]3C=C2)(c1ccccc1)C(F)(F)F. The predicted octanol–water partition coefficient (Wildman–Crippen LogP) is 3.62. The molecule has 0 aliphatic heterocycles. The van der Waals surface area contributed by atoms with Crippen molar-refractivity contribution in [1.29, 1.82) is 0 Å². The minimum atomic E-state index is -4.94. The number of carbonyl (C=O) groups is 1. The number of benzene rings is 1. The van der Waals surface area contributed by atoms with E-state index in [0.29, 0.717) is 0 Å². The number of rotatable bonds is 4. The van der Waals surface area contributed by atoms with Crippen LogP contribution in [0.25, 0.3) is 0 Å². The Labute approximate surface area is 143 Å². The molecule has 0 aromatic heterocycles. The van der Waals surface area contributed by atoms with Crippen LogP contribution < -0.4 is 0 Å². The molecular formula is C19H17F3O3. The highest BCUT2D eigenvalue weighted by molar-refractivity contribution is 5.83. The Balaban J connectivity index is 1.68. The summed E-state index contributed by atoms with van der Waals surface area (Å²) in [5, 5.41) is 0. The number of fused-ring (bicyclic) bond motifs is 2. The van der Waals surface area contributed by atoms with Crippen molar-refractivity contribution in [2.45, 2.75) is 17.9 Å². The first-order valence-electron chi connectivity index (χ1n) is 8.15. The molecule has 2 bridgehead atoms. The maximum atomic E-state index is 13.9. The van der Waals surface area contributed by atoms with Crippen LogP contribution in [-0.2, 0) is 19.9 Å². The van der Waals surface area contributed by atoms with Gasteiger partial charge in [0.2, 0.25) is 0 Å². The zero-order valence-electron chi connectivity index (χ0n) is 13.4. The normalized spacial score (nSPS) is 34.3. The molecule has 1 saturated carbocycles. The standard InChI is InChI=1S/C19H17F3O3/c1-24-18(19(20,21)22,12-5-3-2-4-6-12)17(23)25-16-11-7-9-13-14(10-8-11)15(13)16/h2-11,13-16H,1H3/t11?,13-,14?,15?,16+,18-/m1/s1. The molecule has 6 heteroatoms. The molecule has 0 heterocycles. The van der Waals surface area contributed by atoms with Crippen LogP contribution in [-0.4, -0.2) is 25.4 Å². The summed E-state index contributed by atoms with van der Waals surface area (Å²) < 4.78 is 51.9. The Kier molecular flexibility index (Phi) is 3.58. The molecule has 3 nitrogen and oxygen atoms in total. The Morgan fingerprint density at radius 2 is 1.60 bits per heavy atom. The number of hydrogen-bond donors (Lipinski definition) is 0. The summed E-state index contributed by atoms with van der Waals surface area (Å²) >= 11 is 0. The average molecular weight is 350 g/mol. The van der Waals surface area contributed by atoms with Gasteiger partial charge in [-0.3, -0.25) is 0 Å². The van der Waals surface area contributed by atoms with Gasteiger partial charge in [0.05, 0.1) is 0 Å². The van der Waals surface area contributed by atoms with E-state index in [9.17, 15) is 18.0 Å². The zero-order chi connectivity index (χ0) is 17.8. The van der Waals surface area contributed by atoms with Crippen molar-refractivity contribution >= 4 is 5.97 Å². The van der Waals surface area contributed by atoms with Crippen LogP contribution in [0, 0.1) is 23.7 Å². The summed E-state index contributed by atoms with van der Waals surface area (Å²) in [5.41, 5.74) is -3.41. The third-order valence-corrected chi connectivity index (χ3v) is 5.48. The number of esters is 1. The van der Waals surface area contributed by atoms with Gasteiger partial charge < -0.3 is 9.47 Å². The lowest BCUT2D eigenvalue weighted by Gasteiger charge is -2.35. The minimum absolute atomic E-state index is 0.0718. The van der Waals surface area contributed by atoms with Gasteiger partial charge >= 0.3 is 12.1 Å². The van der Waals surface area contributed by atoms with Crippen molar-refractivity contribution in [2.24, 2.45) is 23.7 Å². The van der Waals surface area contributed by atoms with Gasteiger partial charge in [-0.05, 0) is 11.8 Å². The summed E-state index contributed by atoms with van der Waals surface area (Å²) in [6.45, 7) is 0. The van der Waals surface area contributed by atoms with Gasteiger partial charge in [0.1, 0.15) is 6.10 Å². The van der Waals surface area contributed by atoms with Gasteiger partial charge in [0.25, 0.3) is 5.60 Å². The van der Waals surface area contributed by atoms with E-state index in [1.54, 1.807) is 6.07 Å². The zero-order valence-corrected chi connectivity index (χ0v) is 13.4. The highest BCUT2D eigenvalue weighted by Crippen LogP contribution is 2.59. The second-order valence-corrected chi connectivity index (χ2v) is 6.70. The summed E-state index contributed by atoms with van der Waals surface area (Å²) in [7, 11) is 0.883. The van der Waals surface area contributed by atoms with Crippen molar-refractivity contribution in [1.82, 2.24) is 0 Å². The van der Waals surface area contributed by atoms with Crippen LogP contribution >= 0.6 is 0 Å². The number of halogens is 3. The number of hydrogen-bond acceptors (Lipinski definition) is 3. The maximum Gasteiger partial charge on any atom is 0.432 e. The fourth-order valence-corrected chi connectivity index (χ4v) is 4.14. The molecule has 1 aromatic carbocycles. The van der Waals surface area contributed by atoms with Gasteiger partial charge in [-0.1, -0.05) is 54.6 Å². The molecule has 3 aliphatic rings. The minimum Gasteiger partial charge on any atom is -0.458 e. The molecule has 0 amide bonds. The molecular weight excluding hydrogens is 333 g/mol. The first kappa shape index (κ1) is 16.4. The molecule has 25 heavy (non-hydrogen) atoms. The van der Waals surface area contributed by atoms with Crippen LogP contribution in [0.3, 0.4) is 0 Å². The summed E-state index contributed by atoms with van der Waals surface area (Å²) in [6.07, 6.45) is 2.44. The predicted molar refractivity (Wildman–Crippen MR) is 83.3 cm³/mol. The highest BCUT2D eigenvalue weighted by atomic mass is 19.4. The molecule has 4 rings (SSSR count). The summed E-state index contributed by atoms with van der Waals surface area (Å²) in [4.78, 5) is 12.7. The Bertz CT molecular complexity index is 720. The summed E-state index contributed by atoms with van der Waals surface area (Å²) in [6, 6.07) is 6.91. The molecule has 0 radical (unpaired) electrons. The van der Waals surface area contributed by atoms with Crippen LogP contribution in [0.1, 0.15) is 5.56 Å². The lowest BCUT2D eigenvalue weighted by atomic mass is 9.88. The molecule has 6 atom stereocenters. The molecule has 1 fully saturated rings. The lowest BCUT2D eigenvalue weighted by molar-refractivity contribution is -0.279. The van der Waals surface area contributed by atoms with Gasteiger partial charge in [-0.15, -0.1) is 0 Å². The van der Waals surface area contributed by atoms with E-state index in [1.807, 2.05) is 12.2 Å². The molecule has 132 valence electrons. The van der Waals surface area contributed by atoms with Gasteiger partial charge in [0, 0.05) is 24.5 Å². The van der Waals surface area contributed by atoms with Crippen molar-refractivity contribution in [2.75, 3.05) is 7.11 Å². The summed E-state index contributed by atoms with van der Waals surface area (Å²) in [5.74, 6) is -0.997. The third kappa shape index (κ3) is 2.27. The second-order valence-electron chi connectivity index (χ2n) is 6.70. The monoisotopic (exact) mass is 350 g/mol. The van der Waals surface area contributed by atoms with Crippen molar-refractivity contribution in [3.05, 3.63) is 60.2 Å². The number of carbonyl (C=O) groups excluding carboxylic acids is 1. The molecule has 0 spiro atoms. The van der Waals surface area contributed by atoms with Crippen LogP contribution in [0.5, 0.6) is 0 Å². The van der Waals surface area contributed by atoms with Crippen LogP contribution in [0.4, 0.5) is 13.2 Å². The third-order valence-electron chi connectivity index (χ3n) is 5.48. The van der Waals surface area contributed by atoms with E-state index in [4.69, 9.17) is 9.47 Å². The van der Waals surface area contributed by atoms with E-state index in [2.05, 4.69) is 12.2 Å². The fourth-order valence-electron chi connectivity index (χ4n) is 4.14. The smallest absolute Gasteiger partial charge is 0.432 e. The molecule has 3 aliphatic carbocycles. The van der Waals surface area contributed by atoms with E-state index in [1.165, 1.54) is 24.3 Å². The van der Waals surface area contributed by atoms with Gasteiger partial charge in [-0.2, -0.15) is 13.2 Å². The van der Waals surface area contributed by atoms with E-state index < -0.39 is 23.9 Å². The number of allylic oxidation sites excluding steroid dienone is 2. The Hall–Kier alpha value is -2.08. The van der Waals surface area contributed by atoms with Gasteiger partial charge in [-0.25, -0.2) is 4.79 Å². The van der Waals surface area contributed by atoms with Gasteiger partial charge in [0.15, 0.2) is 0 Å².